The summed E-state index contributed by atoms with van der Waals surface area (Å²) in [6, 6.07) is 12.2. The summed E-state index contributed by atoms with van der Waals surface area (Å²) in [7, 11) is 0.130. The molecule has 0 aliphatic heterocycles. The fraction of sp³-hybridized carbons (Fsp3) is 0.409. The third kappa shape index (κ3) is 5.16. The topological polar surface area (TPSA) is 26.3 Å². The third-order valence-electron chi connectivity index (χ3n) is 4.11. The molecule has 25 heavy (non-hydrogen) atoms. The molecule has 0 aliphatic carbocycles. The molecule has 0 heterocycles. The highest BCUT2D eigenvalue weighted by Gasteiger charge is 2.19. The molecule has 2 nitrogen and oxygen atoms in total. The molecule has 0 saturated carbocycles. The van der Waals surface area contributed by atoms with Crippen LogP contribution in [-0.2, 0) is 5.41 Å². The van der Waals surface area contributed by atoms with E-state index in [0.717, 1.165) is 27.7 Å². The van der Waals surface area contributed by atoms with Crippen molar-refractivity contribution < 1.29 is 9.53 Å². The van der Waals surface area contributed by atoms with E-state index < -0.39 is 0 Å². The second kappa shape index (κ2) is 7.70. The van der Waals surface area contributed by atoms with Gasteiger partial charge in [0.2, 0.25) is 0 Å². The maximum Gasteiger partial charge on any atom is 0.186 e. The van der Waals surface area contributed by atoms with Gasteiger partial charge in [0, 0.05) is 5.56 Å². The van der Waals surface area contributed by atoms with Crippen molar-refractivity contribution in [3.05, 3.63) is 58.7 Å². The molecular formula is C22H29O2P. The zero-order chi connectivity index (χ0) is 18.8. The average molecular weight is 356 g/mol. The lowest BCUT2D eigenvalue weighted by Gasteiger charge is -2.22. The van der Waals surface area contributed by atoms with Crippen LogP contribution in [0.3, 0.4) is 0 Å². The Morgan fingerprint density at radius 3 is 1.96 bits per heavy atom. The van der Waals surface area contributed by atoms with Crippen molar-refractivity contribution in [3.8, 4) is 5.75 Å². The molecule has 2 rings (SSSR count). The van der Waals surface area contributed by atoms with E-state index in [1.165, 1.54) is 5.56 Å². The minimum Gasteiger partial charge on any atom is -0.491 e. The van der Waals surface area contributed by atoms with Crippen molar-refractivity contribution in [2.24, 2.45) is 0 Å². The van der Waals surface area contributed by atoms with E-state index in [4.69, 9.17) is 4.74 Å². The molecule has 3 heteroatoms. The summed E-state index contributed by atoms with van der Waals surface area (Å²) in [5, 5.41) is 1.04. The van der Waals surface area contributed by atoms with Gasteiger partial charge in [0.1, 0.15) is 5.75 Å². The van der Waals surface area contributed by atoms with Gasteiger partial charge < -0.3 is 4.74 Å². The van der Waals surface area contributed by atoms with E-state index in [2.05, 4.69) is 32.9 Å². The molecule has 0 spiro atoms. The highest BCUT2D eigenvalue weighted by atomic mass is 31.1. The SMILES string of the molecule is Cc1cc(C(C)(C)C)cc(C)c1C(=O)Pc1ccc(OC(C)C)cc1. The highest BCUT2D eigenvalue weighted by Crippen LogP contribution is 2.30. The normalized spacial score (nSPS) is 12.2. The number of hydrogen-bond donors (Lipinski definition) is 0. The number of carbonyl (C=O) groups excluding carboxylic acids is 1. The maximum absolute atomic E-state index is 12.9. The van der Waals surface area contributed by atoms with Gasteiger partial charge in [-0.3, -0.25) is 4.79 Å². The van der Waals surface area contributed by atoms with Crippen molar-refractivity contribution in [1.82, 2.24) is 0 Å². The Bertz CT molecular complexity index is 730. The standard InChI is InChI=1S/C22H29O2P/c1-14(2)24-18-8-10-19(11-9-18)25-21(23)20-15(3)12-17(13-16(20)4)22(5,6)7/h8-14,25H,1-7H3. The minimum atomic E-state index is 0.0889. The number of ether oxygens (including phenoxy) is 1. The second-order valence-corrected chi connectivity index (χ2v) is 9.16. The summed E-state index contributed by atoms with van der Waals surface area (Å²) in [5.41, 5.74) is 4.58. The fourth-order valence-corrected chi connectivity index (χ4v) is 3.95. The zero-order valence-corrected chi connectivity index (χ0v) is 17.4. The summed E-state index contributed by atoms with van der Waals surface area (Å²) in [6.45, 7) is 14.7. The summed E-state index contributed by atoms with van der Waals surface area (Å²) < 4.78 is 5.66. The number of aryl methyl sites for hydroxylation is 2. The van der Waals surface area contributed by atoms with Gasteiger partial charge in [-0.15, -0.1) is 0 Å². The molecule has 0 aromatic heterocycles. The smallest absolute Gasteiger partial charge is 0.186 e. The number of carbonyl (C=O) groups is 1. The lowest BCUT2D eigenvalue weighted by molar-refractivity contribution is 0.108. The molecule has 0 amide bonds. The van der Waals surface area contributed by atoms with Crippen LogP contribution in [0, 0.1) is 13.8 Å². The van der Waals surface area contributed by atoms with Crippen molar-refractivity contribution in [2.75, 3.05) is 0 Å². The molecule has 2 aromatic rings. The molecule has 0 saturated heterocycles. The van der Waals surface area contributed by atoms with E-state index >= 15 is 0 Å². The Hall–Kier alpha value is -1.66. The Kier molecular flexibility index (Phi) is 6.06. The lowest BCUT2D eigenvalue weighted by Crippen LogP contribution is -2.13. The van der Waals surface area contributed by atoms with Gasteiger partial charge in [-0.1, -0.05) is 45.0 Å². The molecule has 0 fully saturated rings. The first-order valence-electron chi connectivity index (χ1n) is 8.77. The van der Waals surface area contributed by atoms with Crippen molar-refractivity contribution in [1.29, 1.82) is 0 Å². The van der Waals surface area contributed by atoms with Crippen molar-refractivity contribution in [3.63, 3.8) is 0 Å². The summed E-state index contributed by atoms with van der Waals surface area (Å²) in [5.74, 6) is 0.845. The molecule has 1 atom stereocenters. The predicted octanol–water partition coefficient (Wildman–Crippen LogP) is 5.53. The van der Waals surface area contributed by atoms with Crippen molar-refractivity contribution in [2.45, 2.75) is 60.0 Å². The summed E-state index contributed by atoms with van der Waals surface area (Å²) in [4.78, 5) is 12.9. The zero-order valence-electron chi connectivity index (χ0n) is 16.4. The molecule has 0 N–H and O–H groups in total. The van der Waals surface area contributed by atoms with E-state index in [0.29, 0.717) is 0 Å². The third-order valence-corrected chi connectivity index (χ3v) is 5.21. The Labute approximate surface area is 153 Å². The van der Waals surface area contributed by atoms with Crippen LogP contribution in [0.4, 0.5) is 0 Å². The quantitative estimate of drug-likeness (QED) is 0.658. The van der Waals surface area contributed by atoms with Gasteiger partial charge in [0.15, 0.2) is 5.52 Å². The molecule has 2 aromatic carbocycles. The van der Waals surface area contributed by atoms with Crippen molar-refractivity contribution >= 4 is 19.4 Å². The lowest BCUT2D eigenvalue weighted by atomic mass is 9.84. The molecule has 1 unspecified atom stereocenters. The monoisotopic (exact) mass is 356 g/mol. The molecular weight excluding hydrogens is 327 g/mol. The summed E-state index contributed by atoms with van der Waals surface area (Å²) in [6.07, 6.45) is 0.154. The molecule has 0 aliphatic rings. The first kappa shape index (κ1) is 19.7. The van der Waals surface area contributed by atoms with E-state index in [-0.39, 0.29) is 25.6 Å². The molecule has 0 bridgehead atoms. The second-order valence-electron chi connectivity index (χ2n) is 7.88. The van der Waals surface area contributed by atoms with Crippen LogP contribution < -0.4 is 10.0 Å². The van der Waals surface area contributed by atoms with E-state index in [9.17, 15) is 4.79 Å². The first-order valence-corrected chi connectivity index (χ1v) is 9.77. The maximum atomic E-state index is 12.9. The van der Waals surface area contributed by atoms with Gasteiger partial charge >= 0.3 is 0 Å². The average Bonchev–Trinajstić information content (AvgIpc) is 2.47. The van der Waals surface area contributed by atoms with Crippen LogP contribution >= 0.6 is 8.58 Å². The predicted molar refractivity (Wildman–Crippen MR) is 109 cm³/mol. The molecule has 134 valence electrons. The van der Waals surface area contributed by atoms with Crippen LogP contribution in [-0.4, -0.2) is 11.6 Å². The van der Waals surface area contributed by atoms with Crippen LogP contribution in [0.5, 0.6) is 5.75 Å². The van der Waals surface area contributed by atoms with Crippen LogP contribution in [0.2, 0.25) is 0 Å². The summed E-state index contributed by atoms with van der Waals surface area (Å²) >= 11 is 0. The fourth-order valence-electron chi connectivity index (χ4n) is 2.84. The van der Waals surface area contributed by atoms with E-state index in [1.807, 2.05) is 52.0 Å². The van der Waals surface area contributed by atoms with Crippen LogP contribution in [0.25, 0.3) is 0 Å². The van der Waals surface area contributed by atoms with Crippen LogP contribution in [0.1, 0.15) is 61.7 Å². The highest BCUT2D eigenvalue weighted by molar-refractivity contribution is 7.66. The van der Waals surface area contributed by atoms with Gasteiger partial charge in [-0.2, -0.15) is 0 Å². The Morgan fingerprint density at radius 2 is 1.52 bits per heavy atom. The number of benzene rings is 2. The van der Waals surface area contributed by atoms with Gasteiger partial charge in [-0.05, 0) is 75.8 Å². The van der Waals surface area contributed by atoms with Gasteiger partial charge in [0.05, 0.1) is 6.10 Å². The Balaban J connectivity index is 2.21. The van der Waals surface area contributed by atoms with Gasteiger partial charge in [0.25, 0.3) is 0 Å². The van der Waals surface area contributed by atoms with Gasteiger partial charge in [-0.25, -0.2) is 0 Å². The largest absolute Gasteiger partial charge is 0.491 e. The minimum absolute atomic E-state index is 0.0889. The van der Waals surface area contributed by atoms with E-state index in [1.54, 1.807) is 0 Å². The number of hydrogen-bond acceptors (Lipinski definition) is 2. The van der Waals surface area contributed by atoms with Crippen LogP contribution in [0.15, 0.2) is 36.4 Å². The number of rotatable bonds is 5. The molecule has 0 radical (unpaired) electrons. The Morgan fingerprint density at radius 1 is 1.00 bits per heavy atom. The first-order chi connectivity index (χ1) is 11.6.